The lowest BCUT2D eigenvalue weighted by Gasteiger charge is -2.08. The average Bonchev–Trinajstić information content (AvgIpc) is 3.54. The van der Waals surface area contributed by atoms with Crippen LogP contribution in [0.5, 0.6) is 0 Å². The van der Waals surface area contributed by atoms with E-state index in [1.807, 2.05) is 43.3 Å². The molecule has 0 aliphatic heterocycles. The fraction of sp³-hybridized carbons (Fsp3) is 0.174. The van der Waals surface area contributed by atoms with E-state index >= 15 is 0 Å². The molecule has 3 aromatic heterocycles. The molecule has 0 bridgehead atoms. The fourth-order valence-electron chi connectivity index (χ4n) is 3.41. The first-order chi connectivity index (χ1) is 15.1. The molecule has 2 amide bonds. The Balaban J connectivity index is 1.44. The van der Waals surface area contributed by atoms with Crippen LogP contribution in [0.3, 0.4) is 0 Å². The Kier molecular flexibility index (Phi) is 4.66. The summed E-state index contributed by atoms with van der Waals surface area (Å²) in [5, 5.41) is 13.5. The van der Waals surface area contributed by atoms with Crippen molar-refractivity contribution in [2.45, 2.75) is 19.8 Å². The van der Waals surface area contributed by atoms with Gasteiger partial charge < -0.3 is 10.6 Å². The molecule has 1 saturated carbocycles. The Labute approximate surface area is 178 Å². The maximum absolute atomic E-state index is 12.8. The topological polar surface area (TPSA) is 113 Å². The number of aromatic amines is 1. The van der Waals surface area contributed by atoms with E-state index in [1.165, 1.54) is 0 Å². The number of nitrogens with one attached hydrogen (secondary N) is 3. The van der Waals surface area contributed by atoms with Gasteiger partial charge in [0.15, 0.2) is 5.69 Å². The molecule has 0 atom stereocenters. The van der Waals surface area contributed by atoms with Crippen LogP contribution < -0.4 is 10.6 Å². The molecule has 0 saturated heterocycles. The first-order valence-corrected chi connectivity index (χ1v) is 10.1. The number of rotatable bonds is 5. The summed E-state index contributed by atoms with van der Waals surface area (Å²) < 4.78 is 0. The first kappa shape index (κ1) is 18.9. The van der Waals surface area contributed by atoms with Crippen molar-refractivity contribution in [3.05, 3.63) is 66.2 Å². The molecule has 8 heteroatoms. The second kappa shape index (κ2) is 7.64. The third-order valence-electron chi connectivity index (χ3n) is 5.31. The number of benzene rings is 1. The Morgan fingerprint density at radius 3 is 2.74 bits per heavy atom. The summed E-state index contributed by atoms with van der Waals surface area (Å²) in [5.74, 6) is 0.319. The summed E-state index contributed by atoms with van der Waals surface area (Å²) in [5.41, 5.74) is 4.26. The van der Waals surface area contributed by atoms with Crippen molar-refractivity contribution in [3.8, 4) is 11.1 Å². The largest absolute Gasteiger partial charge is 0.324 e. The summed E-state index contributed by atoms with van der Waals surface area (Å²) >= 11 is 0. The molecule has 4 aromatic rings. The van der Waals surface area contributed by atoms with Crippen LogP contribution in [0.1, 0.15) is 28.9 Å². The van der Waals surface area contributed by atoms with Gasteiger partial charge in [-0.1, -0.05) is 12.1 Å². The number of amides is 2. The molecule has 0 spiro atoms. The second-order valence-electron chi connectivity index (χ2n) is 7.68. The number of hydrogen-bond acceptors (Lipinski definition) is 5. The number of hydrogen-bond donors (Lipinski definition) is 3. The predicted molar refractivity (Wildman–Crippen MR) is 118 cm³/mol. The highest BCUT2D eigenvalue weighted by Crippen LogP contribution is 2.31. The van der Waals surface area contributed by atoms with E-state index in [-0.39, 0.29) is 23.4 Å². The monoisotopic (exact) mass is 412 g/mol. The maximum Gasteiger partial charge on any atom is 0.277 e. The highest BCUT2D eigenvalue weighted by atomic mass is 16.2. The van der Waals surface area contributed by atoms with Crippen LogP contribution in [-0.4, -0.2) is 32.0 Å². The van der Waals surface area contributed by atoms with Crippen molar-refractivity contribution in [2.24, 2.45) is 5.92 Å². The minimum Gasteiger partial charge on any atom is -0.324 e. The molecule has 0 unspecified atom stereocenters. The molecule has 5 rings (SSSR count). The third kappa shape index (κ3) is 3.87. The van der Waals surface area contributed by atoms with Crippen LogP contribution in [0, 0.1) is 12.8 Å². The van der Waals surface area contributed by atoms with E-state index in [1.54, 1.807) is 18.6 Å². The number of aromatic nitrogens is 4. The van der Waals surface area contributed by atoms with Gasteiger partial charge in [0, 0.05) is 29.3 Å². The Morgan fingerprint density at radius 1 is 1.06 bits per heavy atom. The molecule has 8 nitrogen and oxygen atoms in total. The lowest BCUT2D eigenvalue weighted by molar-refractivity contribution is -0.117. The van der Waals surface area contributed by atoms with E-state index in [0.717, 1.165) is 35.0 Å². The molecule has 3 heterocycles. The zero-order valence-corrected chi connectivity index (χ0v) is 16.8. The van der Waals surface area contributed by atoms with Crippen LogP contribution in [0.25, 0.3) is 22.0 Å². The number of fused-ring (bicyclic) bond motifs is 1. The minimum absolute atomic E-state index is 0.0352. The number of H-pyrrole nitrogens is 1. The van der Waals surface area contributed by atoms with Gasteiger partial charge in [-0.2, -0.15) is 5.10 Å². The lowest BCUT2D eigenvalue weighted by atomic mass is 10.0. The van der Waals surface area contributed by atoms with E-state index in [2.05, 4.69) is 30.8 Å². The lowest BCUT2D eigenvalue weighted by Crippen LogP contribution is -2.14. The third-order valence-corrected chi connectivity index (χ3v) is 5.31. The molecule has 1 fully saturated rings. The number of carbonyl (C=O) groups is 2. The molecule has 31 heavy (non-hydrogen) atoms. The van der Waals surface area contributed by atoms with Crippen molar-refractivity contribution in [1.29, 1.82) is 0 Å². The Hall–Kier alpha value is -4.07. The van der Waals surface area contributed by atoms with Gasteiger partial charge in [-0.05, 0) is 55.2 Å². The quantitative estimate of drug-likeness (QED) is 0.460. The first-order valence-electron chi connectivity index (χ1n) is 10.1. The van der Waals surface area contributed by atoms with Gasteiger partial charge in [-0.25, -0.2) is 4.98 Å². The molecule has 0 radical (unpaired) electrons. The average molecular weight is 412 g/mol. The molecule has 1 aliphatic carbocycles. The van der Waals surface area contributed by atoms with Crippen LogP contribution in [-0.2, 0) is 4.79 Å². The minimum atomic E-state index is -0.339. The van der Waals surface area contributed by atoms with Crippen LogP contribution in [0.2, 0.25) is 0 Å². The van der Waals surface area contributed by atoms with Gasteiger partial charge in [0.1, 0.15) is 5.82 Å². The van der Waals surface area contributed by atoms with Crippen LogP contribution in [0.15, 0.2) is 55.0 Å². The highest BCUT2D eigenvalue weighted by Gasteiger charge is 2.29. The summed E-state index contributed by atoms with van der Waals surface area (Å²) in [7, 11) is 0. The van der Waals surface area contributed by atoms with Crippen molar-refractivity contribution in [1.82, 2.24) is 20.2 Å². The number of anilines is 2. The van der Waals surface area contributed by atoms with E-state index in [0.29, 0.717) is 16.9 Å². The number of carbonyl (C=O) groups excluding carboxylic acids is 2. The fourth-order valence-corrected chi connectivity index (χ4v) is 3.41. The number of pyridine rings is 2. The number of aryl methyl sites for hydroxylation is 1. The summed E-state index contributed by atoms with van der Waals surface area (Å²) in [6.07, 6.45) is 6.88. The Morgan fingerprint density at radius 2 is 1.94 bits per heavy atom. The van der Waals surface area contributed by atoms with Gasteiger partial charge in [-0.15, -0.1) is 0 Å². The van der Waals surface area contributed by atoms with Gasteiger partial charge in [0.25, 0.3) is 5.91 Å². The van der Waals surface area contributed by atoms with Crippen molar-refractivity contribution in [3.63, 3.8) is 0 Å². The second-order valence-corrected chi connectivity index (χ2v) is 7.68. The normalized spacial score (nSPS) is 13.2. The smallest absolute Gasteiger partial charge is 0.277 e. The highest BCUT2D eigenvalue weighted by molar-refractivity contribution is 6.11. The zero-order chi connectivity index (χ0) is 21.4. The molecule has 3 N–H and O–H groups in total. The number of nitrogens with zero attached hydrogens (tertiary/aromatic N) is 3. The van der Waals surface area contributed by atoms with Crippen molar-refractivity contribution in [2.75, 3.05) is 10.6 Å². The molecule has 1 aromatic carbocycles. The van der Waals surface area contributed by atoms with Gasteiger partial charge >= 0.3 is 0 Å². The van der Waals surface area contributed by atoms with E-state index in [4.69, 9.17) is 0 Å². The maximum atomic E-state index is 12.8. The van der Waals surface area contributed by atoms with E-state index < -0.39 is 0 Å². The molecule has 1 aliphatic rings. The van der Waals surface area contributed by atoms with Crippen molar-refractivity contribution >= 4 is 34.2 Å². The van der Waals surface area contributed by atoms with Gasteiger partial charge in [0.2, 0.25) is 5.91 Å². The molecular formula is C23H20N6O2. The predicted octanol–water partition coefficient (Wildman–Crippen LogP) is 3.93. The summed E-state index contributed by atoms with van der Waals surface area (Å²) in [6.45, 7) is 1.88. The van der Waals surface area contributed by atoms with Crippen molar-refractivity contribution < 1.29 is 9.59 Å². The van der Waals surface area contributed by atoms with Gasteiger partial charge in [-0.3, -0.25) is 19.7 Å². The molecular weight excluding hydrogens is 392 g/mol. The van der Waals surface area contributed by atoms with Crippen LogP contribution in [0.4, 0.5) is 11.5 Å². The van der Waals surface area contributed by atoms with Crippen LogP contribution >= 0.6 is 0 Å². The SMILES string of the molecule is Cc1cccnc1NC(=O)c1n[nH]c2ccc(-c3cncc(NC(=O)C4CC4)c3)cc12. The molecule has 154 valence electrons. The van der Waals surface area contributed by atoms with Gasteiger partial charge in [0.05, 0.1) is 17.4 Å². The standard InChI is InChI=1S/C23H20N6O2/c1-13-3-2-8-25-21(13)27-23(31)20-18-10-15(6-7-19(18)28-29-20)16-9-17(12-24-11-16)26-22(30)14-4-5-14/h2-3,6-12,14H,4-5H2,1H3,(H,26,30)(H,28,29)(H,25,27,31). The Bertz CT molecular complexity index is 1310. The zero-order valence-electron chi connectivity index (χ0n) is 16.8. The summed E-state index contributed by atoms with van der Waals surface area (Å²) in [4.78, 5) is 33.4. The summed E-state index contributed by atoms with van der Waals surface area (Å²) in [6, 6.07) is 11.3. The van der Waals surface area contributed by atoms with E-state index in [9.17, 15) is 9.59 Å².